The van der Waals surface area contributed by atoms with Crippen LogP contribution in [0, 0.1) is 5.82 Å². The first-order valence-corrected chi connectivity index (χ1v) is 6.15. The molecule has 1 aliphatic heterocycles. The zero-order chi connectivity index (χ0) is 13.6. The maximum Gasteiger partial charge on any atom is 0.346 e. The summed E-state index contributed by atoms with van der Waals surface area (Å²) in [6.45, 7) is 4.04. The number of nitrogens with two attached hydrogens (primary N) is 1. The van der Waals surface area contributed by atoms with Gasteiger partial charge in [0.2, 0.25) is 0 Å². The molecule has 98 valence electrons. The molecule has 3 rings (SSSR count). The second-order valence-corrected chi connectivity index (χ2v) is 4.84. The molecule has 19 heavy (non-hydrogen) atoms. The van der Waals surface area contributed by atoms with Crippen molar-refractivity contribution in [2.45, 2.75) is 18.4 Å². The second kappa shape index (κ2) is 3.91. The zero-order valence-corrected chi connectivity index (χ0v) is 10.4. The van der Waals surface area contributed by atoms with Gasteiger partial charge >= 0.3 is 6.03 Å². The highest BCUT2D eigenvalue weighted by Gasteiger charge is 2.52. The SMILES string of the molecule is C=CCN1C(=O)N=C(N)C12CCc1cc(F)ccc12. The summed E-state index contributed by atoms with van der Waals surface area (Å²) in [6, 6.07) is 4.25. The highest BCUT2D eigenvalue weighted by molar-refractivity contribution is 6.07. The standard InChI is InChI=1S/C14H14FN3O/c1-2-7-18-13(19)17-12(16)14(18)6-5-9-8-10(15)3-4-11(9)14/h2-4,8H,1,5-7H2,(H2,16,17,19). The molecule has 2 N–H and O–H groups in total. The van der Waals surface area contributed by atoms with E-state index in [1.165, 1.54) is 12.1 Å². The lowest BCUT2D eigenvalue weighted by molar-refractivity contribution is 0.180. The largest absolute Gasteiger partial charge is 0.385 e. The Labute approximate surface area is 110 Å². The molecule has 2 aliphatic rings. The predicted molar refractivity (Wildman–Crippen MR) is 70.3 cm³/mol. The molecule has 0 radical (unpaired) electrons. The lowest BCUT2D eigenvalue weighted by Gasteiger charge is -2.34. The molecule has 1 spiro atoms. The van der Waals surface area contributed by atoms with Crippen LogP contribution in [0.1, 0.15) is 17.5 Å². The zero-order valence-electron chi connectivity index (χ0n) is 10.4. The predicted octanol–water partition coefficient (Wildman–Crippen LogP) is 1.95. The van der Waals surface area contributed by atoms with Crippen molar-refractivity contribution in [2.24, 2.45) is 10.7 Å². The Morgan fingerprint density at radius 1 is 1.58 bits per heavy atom. The quantitative estimate of drug-likeness (QED) is 0.825. The van der Waals surface area contributed by atoms with Gasteiger partial charge in [-0.1, -0.05) is 12.1 Å². The van der Waals surface area contributed by atoms with E-state index in [2.05, 4.69) is 11.6 Å². The number of rotatable bonds is 2. The van der Waals surface area contributed by atoms with E-state index in [1.54, 1.807) is 17.0 Å². The van der Waals surface area contributed by atoms with E-state index in [9.17, 15) is 9.18 Å². The molecule has 1 aromatic rings. The fourth-order valence-corrected chi connectivity index (χ4v) is 3.09. The maximum absolute atomic E-state index is 13.3. The van der Waals surface area contributed by atoms with Crippen LogP contribution < -0.4 is 5.73 Å². The molecule has 1 unspecified atom stereocenters. The van der Waals surface area contributed by atoms with Crippen LogP contribution in [0.5, 0.6) is 0 Å². The summed E-state index contributed by atoms with van der Waals surface area (Å²) in [7, 11) is 0. The van der Waals surface area contributed by atoms with Gasteiger partial charge in [0, 0.05) is 6.54 Å². The van der Waals surface area contributed by atoms with E-state index < -0.39 is 5.54 Å². The normalized spacial score (nSPS) is 24.8. The number of halogens is 1. The highest BCUT2D eigenvalue weighted by Crippen LogP contribution is 2.45. The first-order chi connectivity index (χ1) is 9.09. The number of carbonyl (C=O) groups excluding carboxylic acids is 1. The number of aryl methyl sites for hydroxylation is 1. The number of urea groups is 1. The average Bonchev–Trinajstić information content (AvgIpc) is 2.85. The van der Waals surface area contributed by atoms with Crippen molar-refractivity contribution in [3.63, 3.8) is 0 Å². The summed E-state index contributed by atoms with van der Waals surface area (Å²) in [4.78, 5) is 17.4. The number of benzene rings is 1. The topological polar surface area (TPSA) is 58.7 Å². The van der Waals surface area contributed by atoms with Gasteiger partial charge in [-0.15, -0.1) is 6.58 Å². The van der Waals surface area contributed by atoms with Gasteiger partial charge in [-0.25, -0.2) is 9.18 Å². The molecule has 0 bridgehead atoms. The monoisotopic (exact) mass is 259 g/mol. The smallest absolute Gasteiger partial charge is 0.346 e. The third-order valence-corrected chi connectivity index (χ3v) is 3.91. The van der Waals surface area contributed by atoms with Crippen molar-refractivity contribution >= 4 is 11.9 Å². The van der Waals surface area contributed by atoms with E-state index in [-0.39, 0.29) is 11.8 Å². The summed E-state index contributed by atoms with van der Waals surface area (Å²) in [5.74, 6) is 0.0237. The number of aliphatic imine (C=N–C) groups is 1. The second-order valence-electron chi connectivity index (χ2n) is 4.84. The van der Waals surface area contributed by atoms with E-state index in [0.717, 1.165) is 11.1 Å². The van der Waals surface area contributed by atoms with Crippen molar-refractivity contribution in [1.29, 1.82) is 0 Å². The van der Waals surface area contributed by atoms with Crippen LogP contribution in [-0.2, 0) is 12.0 Å². The van der Waals surface area contributed by atoms with E-state index in [0.29, 0.717) is 25.2 Å². The van der Waals surface area contributed by atoms with E-state index in [1.807, 2.05) is 0 Å². The van der Waals surface area contributed by atoms with Crippen molar-refractivity contribution in [3.05, 3.63) is 47.8 Å². The van der Waals surface area contributed by atoms with Gasteiger partial charge in [0.15, 0.2) is 0 Å². The Morgan fingerprint density at radius 3 is 3.11 bits per heavy atom. The Kier molecular flexibility index (Phi) is 2.45. The molecular formula is C14H14FN3O. The number of amidine groups is 1. The van der Waals surface area contributed by atoms with Crippen LogP contribution in [0.15, 0.2) is 35.8 Å². The maximum atomic E-state index is 13.3. The van der Waals surface area contributed by atoms with Gasteiger partial charge in [-0.2, -0.15) is 4.99 Å². The van der Waals surface area contributed by atoms with Crippen LogP contribution in [-0.4, -0.2) is 23.3 Å². The molecule has 0 aromatic heterocycles. The highest BCUT2D eigenvalue weighted by atomic mass is 19.1. The first-order valence-electron chi connectivity index (χ1n) is 6.15. The van der Waals surface area contributed by atoms with Crippen molar-refractivity contribution < 1.29 is 9.18 Å². The third-order valence-electron chi connectivity index (χ3n) is 3.91. The lowest BCUT2D eigenvalue weighted by atomic mass is 9.89. The summed E-state index contributed by atoms with van der Waals surface area (Å²) in [5.41, 5.74) is 7.05. The van der Waals surface area contributed by atoms with Crippen LogP contribution >= 0.6 is 0 Å². The minimum atomic E-state index is -0.714. The number of carbonyl (C=O) groups is 1. The summed E-state index contributed by atoms with van der Waals surface area (Å²) < 4.78 is 13.3. The van der Waals surface area contributed by atoms with Gasteiger partial charge in [0.1, 0.15) is 17.2 Å². The first kappa shape index (κ1) is 11.9. The van der Waals surface area contributed by atoms with E-state index >= 15 is 0 Å². The Morgan fingerprint density at radius 2 is 2.37 bits per heavy atom. The summed E-state index contributed by atoms with van der Waals surface area (Å²) in [6.07, 6.45) is 2.97. The molecular weight excluding hydrogens is 245 g/mol. The van der Waals surface area contributed by atoms with Crippen molar-refractivity contribution in [1.82, 2.24) is 4.90 Å². The lowest BCUT2D eigenvalue weighted by Crippen LogP contribution is -2.50. The Hall–Kier alpha value is -2.17. The minimum Gasteiger partial charge on any atom is -0.385 e. The average molecular weight is 259 g/mol. The Bertz CT molecular complexity index is 611. The number of hydrogen-bond donors (Lipinski definition) is 1. The number of amides is 2. The van der Waals surface area contributed by atoms with Gasteiger partial charge in [-0.05, 0) is 36.1 Å². The number of hydrogen-bond acceptors (Lipinski definition) is 2. The molecule has 0 saturated carbocycles. The fraction of sp³-hybridized carbons (Fsp3) is 0.286. The van der Waals surface area contributed by atoms with Crippen molar-refractivity contribution in [2.75, 3.05) is 6.54 Å². The molecule has 0 saturated heterocycles. The molecule has 1 atom stereocenters. The molecule has 0 fully saturated rings. The van der Waals surface area contributed by atoms with Gasteiger partial charge < -0.3 is 10.6 Å². The molecule has 1 aromatic carbocycles. The summed E-state index contributed by atoms with van der Waals surface area (Å²) >= 11 is 0. The van der Waals surface area contributed by atoms with Crippen LogP contribution in [0.3, 0.4) is 0 Å². The van der Waals surface area contributed by atoms with Gasteiger partial charge in [-0.3, -0.25) is 0 Å². The van der Waals surface area contributed by atoms with Gasteiger partial charge in [0.05, 0.1) is 0 Å². The van der Waals surface area contributed by atoms with Crippen LogP contribution in [0.2, 0.25) is 0 Å². The molecule has 1 heterocycles. The molecule has 4 nitrogen and oxygen atoms in total. The fourth-order valence-electron chi connectivity index (χ4n) is 3.09. The minimum absolute atomic E-state index is 0.272. The number of fused-ring (bicyclic) bond motifs is 2. The van der Waals surface area contributed by atoms with Gasteiger partial charge in [0.25, 0.3) is 0 Å². The summed E-state index contributed by atoms with van der Waals surface area (Å²) in [5, 5.41) is 0. The molecule has 1 aliphatic carbocycles. The molecule has 5 heteroatoms. The Balaban J connectivity index is 2.17. The van der Waals surface area contributed by atoms with Crippen LogP contribution in [0.4, 0.5) is 9.18 Å². The molecule has 2 amide bonds. The number of nitrogens with zero attached hydrogens (tertiary/aromatic N) is 2. The van der Waals surface area contributed by atoms with Crippen LogP contribution in [0.25, 0.3) is 0 Å². The van der Waals surface area contributed by atoms with E-state index in [4.69, 9.17) is 5.73 Å². The third kappa shape index (κ3) is 1.44. The van der Waals surface area contributed by atoms with Crippen molar-refractivity contribution in [3.8, 4) is 0 Å².